The van der Waals surface area contributed by atoms with E-state index in [1.54, 1.807) is 0 Å². The molecule has 0 unspecified atom stereocenters. The number of anilines is 1. The van der Waals surface area contributed by atoms with Crippen LogP contribution >= 0.6 is 27.5 Å². The molecule has 1 aliphatic rings. The molecule has 2 rings (SSSR count). The van der Waals surface area contributed by atoms with Crippen LogP contribution in [0.2, 0.25) is 5.02 Å². The molecule has 1 heterocycles. The lowest BCUT2D eigenvalue weighted by Crippen LogP contribution is -2.38. The number of benzene rings is 1. The number of rotatable bonds is 2. The predicted molar refractivity (Wildman–Crippen MR) is 74.7 cm³/mol. The number of nitrogens with zero attached hydrogens (tertiary/aromatic N) is 1. The van der Waals surface area contributed by atoms with Crippen LogP contribution in [0.5, 0.6) is 0 Å². The molecule has 3 heteroatoms. The zero-order valence-corrected chi connectivity index (χ0v) is 12.1. The Bertz CT molecular complexity index is 390. The number of hydrogen-bond donors (Lipinski definition) is 0. The normalized spacial score (nSPS) is 19.1. The van der Waals surface area contributed by atoms with Gasteiger partial charge < -0.3 is 4.90 Å². The summed E-state index contributed by atoms with van der Waals surface area (Å²) in [6, 6.07) is 6.18. The second-order valence-electron chi connectivity index (χ2n) is 4.97. The van der Waals surface area contributed by atoms with Crippen molar-refractivity contribution in [3.63, 3.8) is 0 Å². The minimum Gasteiger partial charge on any atom is -0.366 e. The van der Waals surface area contributed by atoms with Gasteiger partial charge in [-0.2, -0.15) is 0 Å². The number of hydrogen-bond acceptors (Lipinski definition) is 1. The Hall–Kier alpha value is -0.210. The van der Waals surface area contributed by atoms with E-state index in [0.29, 0.717) is 0 Å². The van der Waals surface area contributed by atoms with Gasteiger partial charge in [-0.3, -0.25) is 0 Å². The molecule has 1 aromatic rings. The van der Waals surface area contributed by atoms with E-state index in [1.165, 1.54) is 24.1 Å². The third kappa shape index (κ3) is 2.23. The van der Waals surface area contributed by atoms with Crippen molar-refractivity contribution >= 4 is 33.2 Å². The Morgan fingerprint density at radius 1 is 1.44 bits per heavy atom. The van der Waals surface area contributed by atoms with E-state index < -0.39 is 0 Å². The third-order valence-corrected chi connectivity index (χ3v) is 4.22. The molecule has 0 spiro atoms. The van der Waals surface area contributed by atoms with Crippen LogP contribution in [0.4, 0.5) is 5.69 Å². The summed E-state index contributed by atoms with van der Waals surface area (Å²) in [5.41, 5.74) is 2.87. The van der Waals surface area contributed by atoms with Crippen molar-refractivity contribution in [3.8, 4) is 0 Å². The molecule has 0 aliphatic carbocycles. The van der Waals surface area contributed by atoms with Crippen LogP contribution in [0, 0.1) is 0 Å². The Balaban J connectivity index is 2.40. The highest BCUT2D eigenvalue weighted by Gasteiger charge is 2.32. The molecule has 0 atom stereocenters. The number of alkyl halides is 1. The summed E-state index contributed by atoms with van der Waals surface area (Å²) < 4.78 is 0. The molecule has 16 heavy (non-hydrogen) atoms. The summed E-state index contributed by atoms with van der Waals surface area (Å²) in [5.74, 6) is 0. The van der Waals surface area contributed by atoms with Crippen LogP contribution in [-0.2, 0) is 5.33 Å². The maximum atomic E-state index is 6.03. The summed E-state index contributed by atoms with van der Waals surface area (Å²) in [6.07, 6.45) is 2.54. The zero-order valence-electron chi connectivity index (χ0n) is 9.76. The third-order valence-electron chi connectivity index (χ3n) is 3.38. The fourth-order valence-electron chi connectivity index (χ4n) is 2.48. The molecule has 1 aromatic carbocycles. The molecule has 1 fully saturated rings. The first-order valence-electron chi connectivity index (χ1n) is 5.66. The van der Waals surface area contributed by atoms with Crippen molar-refractivity contribution in [1.82, 2.24) is 0 Å². The van der Waals surface area contributed by atoms with Gasteiger partial charge in [0, 0.05) is 28.1 Å². The Kier molecular flexibility index (Phi) is 3.50. The summed E-state index contributed by atoms with van der Waals surface area (Å²) in [4.78, 5) is 2.50. The zero-order chi connectivity index (χ0) is 11.8. The molecule has 1 aliphatic heterocycles. The summed E-state index contributed by atoms with van der Waals surface area (Å²) in [6.45, 7) is 5.77. The van der Waals surface area contributed by atoms with Gasteiger partial charge in [-0.1, -0.05) is 27.5 Å². The SMILES string of the molecule is CC1(C)CCCN1c1ccc(Cl)cc1CBr. The van der Waals surface area contributed by atoms with Crippen molar-refractivity contribution in [2.45, 2.75) is 37.6 Å². The summed E-state index contributed by atoms with van der Waals surface area (Å²) >= 11 is 9.58. The Morgan fingerprint density at radius 2 is 2.19 bits per heavy atom. The lowest BCUT2D eigenvalue weighted by Gasteiger charge is -2.35. The Labute approximate surface area is 111 Å². The van der Waals surface area contributed by atoms with Gasteiger partial charge in [0.15, 0.2) is 0 Å². The van der Waals surface area contributed by atoms with E-state index in [-0.39, 0.29) is 5.54 Å². The average Bonchev–Trinajstić information content (AvgIpc) is 2.58. The second-order valence-corrected chi connectivity index (χ2v) is 5.97. The monoisotopic (exact) mass is 301 g/mol. The van der Waals surface area contributed by atoms with Gasteiger partial charge in [-0.05, 0) is 50.5 Å². The van der Waals surface area contributed by atoms with Gasteiger partial charge in [-0.25, -0.2) is 0 Å². The average molecular weight is 303 g/mol. The van der Waals surface area contributed by atoms with Crippen molar-refractivity contribution in [3.05, 3.63) is 28.8 Å². The van der Waals surface area contributed by atoms with Crippen LogP contribution in [0.25, 0.3) is 0 Å². The molecular formula is C13H17BrClN. The molecule has 0 bridgehead atoms. The van der Waals surface area contributed by atoms with Gasteiger partial charge in [0.25, 0.3) is 0 Å². The van der Waals surface area contributed by atoms with E-state index in [9.17, 15) is 0 Å². The lowest BCUT2D eigenvalue weighted by molar-refractivity contribution is 0.517. The number of halogens is 2. The van der Waals surface area contributed by atoms with E-state index in [0.717, 1.165) is 16.9 Å². The first-order chi connectivity index (χ1) is 7.54. The minimum atomic E-state index is 0.269. The van der Waals surface area contributed by atoms with Crippen LogP contribution < -0.4 is 4.90 Å². The predicted octanol–water partition coefficient (Wildman–Crippen LogP) is 4.61. The van der Waals surface area contributed by atoms with Gasteiger partial charge in [0.2, 0.25) is 0 Å². The van der Waals surface area contributed by atoms with Crippen molar-refractivity contribution in [2.24, 2.45) is 0 Å². The molecule has 1 saturated heterocycles. The lowest BCUT2D eigenvalue weighted by atomic mass is 10.0. The van der Waals surface area contributed by atoms with E-state index in [4.69, 9.17) is 11.6 Å². The van der Waals surface area contributed by atoms with Crippen molar-refractivity contribution in [2.75, 3.05) is 11.4 Å². The molecule has 0 aromatic heterocycles. The van der Waals surface area contributed by atoms with Gasteiger partial charge >= 0.3 is 0 Å². The van der Waals surface area contributed by atoms with Crippen molar-refractivity contribution in [1.29, 1.82) is 0 Å². The Morgan fingerprint density at radius 3 is 2.75 bits per heavy atom. The molecule has 0 radical (unpaired) electrons. The topological polar surface area (TPSA) is 3.24 Å². The first-order valence-corrected chi connectivity index (χ1v) is 7.16. The first kappa shape index (κ1) is 12.3. The maximum absolute atomic E-state index is 6.03. The molecule has 88 valence electrons. The standard InChI is InChI=1S/C13H17BrClN/c1-13(2)6-3-7-16(13)12-5-4-11(15)8-10(12)9-14/h4-5,8H,3,6-7,9H2,1-2H3. The molecule has 1 nitrogen and oxygen atoms in total. The van der Waals surface area contributed by atoms with Crippen molar-refractivity contribution < 1.29 is 0 Å². The molecule has 0 saturated carbocycles. The van der Waals surface area contributed by atoms with Crippen LogP contribution in [0.1, 0.15) is 32.3 Å². The fourth-order valence-corrected chi connectivity index (χ4v) is 3.12. The van der Waals surface area contributed by atoms with E-state index in [2.05, 4.69) is 46.8 Å². The fraction of sp³-hybridized carbons (Fsp3) is 0.538. The minimum absolute atomic E-state index is 0.269. The second kappa shape index (κ2) is 4.58. The van der Waals surface area contributed by atoms with Crippen LogP contribution in [0.15, 0.2) is 18.2 Å². The van der Waals surface area contributed by atoms with Gasteiger partial charge in [-0.15, -0.1) is 0 Å². The molecule has 0 N–H and O–H groups in total. The largest absolute Gasteiger partial charge is 0.366 e. The highest BCUT2D eigenvalue weighted by Crippen LogP contribution is 2.37. The molecular weight excluding hydrogens is 286 g/mol. The van der Waals surface area contributed by atoms with Crippen LogP contribution in [0.3, 0.4) is 0 Å². The van der Waals surface area contributed by atoms with Gasteiger partial charge in [0.1, 0.15) is 0 Å². The van der Waals surface area contributed by atoms with Crippen LogP contribution in [-0.4, -0.2) is 12.1 Å². The smallest absolute Gasteiger partial charge is 0.0412 e. The van der Waals surface area contributed by atoms with Gasteiger partial charge in [0.05, 0.1) is 0 Å². The molecule has 0 amide bonds. The summed E-state index contributed by atoms with van der Waals surface area (Å²) in [5, 5.41) is 1.67. The van der Waals surface area contributed by atoms with E-state index in [1.807, 2.05) is 6.07 Å². The maximum Gasteiger partial charge on any atom is 0.0412 e. The van der Waals surface area contributed by atoms with E-state index >= 15 is 0 Å². The quantitative estimate of drug-likeness (QED) is 0.721. The highest BCUT2D eigenvalue weighted by atomic mass is 79.9. The summed E-state index contributed by atoms with van der Waals surface area (Å²) in [7, 11) is 0. The highest BCUT2D eigenvalue weighted by molar-refractivity contribution is 9.08.